The summed E-state index contributed by atoms with van der Waals surface area (Å²) in [6.45, 7) is 9.01. The van der Waals surface area contributed by atoms with Gasteiger partial charge in [0.25, 0.3) is 0 Å². The number of carbonyl (C=O) groups excluding carboxylic acids is 1. The molecular weight excluding hydrogens is 254 g/mol. The van der Waals surface area contributed by atoms with Gasteiger partial charge in [0, 0.05) is 13.1 Å². The first-order valence-corrected chi connectivity index (χ1v) is 6.71. The maximum atomic E-state index is 12.3. The molecule has 2 atom stereocenters. The van der Waals surface area contributed by atoms with E-state index in [2.05, 4.69) is 10.2 Å². The lowest BCUT2D eigenvalue weighted by Crippen LogP contribution is -2.70. The average Bonchev–Trinajstić information content (AvgIpc) is 2.93. The van der Waals surface area contributed by atoms with E-state index < -0.39 is 5.54 Å². The average molecular weight is 271 g/mol. The molecule has 3 rings (SSSR count). The fourth-order valence-electron chi connectivity index (χ4n) is 2.99. The van der Waals surface area contributed by atoms with Crippen LogP contribution in [-0.4, -0.2) is 42.6 Å². The van der Waals surface area contributed by atoms with Crippen LogP contribution < -0.4 is 10.1 Å². The minimum atomic E-state index is -0.457. The van der Waals surface area contributed by atoms with Gasteiger partial charge in [0.05, 0.1) is 20.1 Å². The Bertz CT molecular complexity index is 563. The smallest absolute Gasteiger partial charge is 0.245 e. The Hall–Kier alpha value is -2.06. The summed E-state index contributed by atoms with van der Waals surface area (Å²) >= 11 is 0. The van der Waals surface area contributed by atoms with E-state index in [4.69, 9.17) is 11.3 Å². The highest BCUT2D eigenvalue weighted by Gasteiger charge is 2.57. The molecule has 0 aromatic heterocycles. The van der Waals surface area contributed by atoms with Crippen LogP contribution in [0.5, 0.6) is 5.75 Å². The van der Waals surface area contributed by atoms with Crippen LogP contribution in [0, 0.1) is 6.57 Å². The Morgan fingerprint density at radius 3 is 2.80 bits per heavy atom. The van der Waals surface area contributed by atoms with Gasteiger partial charge in [0.15, 0.2) is 0 Å². The van der Waals surface area contributed by atoms with Crippen LogP contribution in [0.1, 0.15) is 12.0 Å². The lowest BCUT2D eigenvalue weighted by molar-refractivity contribution is -0.153. The Labute approximate surface area is 118 Å². The second kappa shape index (κ2) is 4.80. The molecule has 1 spiro atoms. The molecular formula is C15H17N3O2. The first kappa shape index (κ1) is 12.9. The van der Waals surface area contributed by atoms with E-state index in [0.29, 0.717) is 26.1 Å². The SMILES string of the molecule is [C-]#[N+][C@@H]1CNC2(C1)CN(Cc1ccc(OC)cc1)C2=O. The minimum Gasteiger partial charge on any atom is -0.497 e. The molecule has 2 heterocycles. The minimum absolute atomic E-state index is 0.0536. The number of rotatable bonds is 3. The molecule has 1 amide bonds. The van der Waals surface area contributed by atoms with Crippen molar-refractivity contribution in [1.82, 2.24) is 10.2 Å². The molecule has 104 valence electrons. The van der Waals surface area contributed by atoms with Crippen molar-refractivity contribution in [2.75, 3.05) is 20.2 Å². The molecule has 0 bridgehead atoms. The van der Waals surface area contributed by atoms with Crippen molar-refractivity contribution in [3.63, 3.8) is 0 Å². The number of hydrogen-bond donors (Lipinski definition) is 1. The van der Waals surface area contributed by atoms with E-state index in [9.17, 15) is 4.79 Å². The van der Waals surface area contributed by atoms with E-state index >= 15 is 0 Å². The monoisotopic (exact) mass is 271 g/mol. The molecule has 5 heteroatoms. The lowest BCUT2D eigenvalue weighted by Gasteiger charge is -2.46. The van der Waals surface area contributed by atoms with Crippen LogP contribution in [0.4, 0.5) is 0 Å². The molecule has 1 N–H and O–H groups in total. The van der Waals surface area contributed by atoms with Gasteiger partial charge in [-0.15, -0.1) is 0 Å². The van der Waals surface area contributed by atoms with E-state index in [-0.39, 0.29) is 11.9 Å². The summed E-state index contributed by atoms with van der Waals surface area (Å²) in [5.41, 5.74) is 0.635. The largest absolute Gasteiger partial charge is 0.497 e. The quantitative estimate of drug-likeness (QED) is 0.660. The van der Waals surface area contributed by atoms with Crippen molar-refractivity contribution < 1.29 is 9.53 Å². The van der Waals surface area contributed by atoms with Gasteiger partial charge in [-0.3, -0.25) is 10.1 Å². The Balaban J connectivity index is 1.61. The number of hydrogen-bond acceptors (Lipinski definition) is 3. The van der Waals surface area contributed by atoms with Crippen LogP contribution in [0.25, 0.3) is 4.85 Å². The number of ether oxygens (including phenoxy) is 1. The molecule has 0 radical (unpaired) electrons. The van der Waals surface area contributed by atoms with E-state index in [1.165, 1.54) is 0 Å². The van der Waals surface area contributed by atoms with Crippen LogP contribution in [0.3, 0.4) is 0 Å². The molecule has 2 fully saturated rings. The van der Waals surface area contributed by atoms with Gasteiger partial charge in [-0.25, -0.2) is 6.57 Å². The fraction of sp³-hybridized carbons (Fsp3) is 0.467. The summed E-state index contributed by atoms with van der Waals surface area (Å²) in [6, 6.07) is 7.70. The molecule has 1 aromatic carbocycles. The van der Waals surface area contributed by atoms with Gasteiger partial charge < -0.3 is 14.5 Å². The number of carbonyl (C=O) groups is 1. The number of nitrogens with zero attached hydrogens (tertiary/aromatic N) is 2. The van der Waals surface area contributed by atoms with Gasteiger partial charge >= 0.3 is 0 Å². The van der Waals surface area contributed by atoms with Crippen molar-refractivity contribution in [3.05, 3.63) is 41.2 Å². The van der Waals surface area contributed by atoms with Crippen LogP contribution >= 0.6 is 0 Å². The molecule has 1 unspecified atom stereocenters. The van der Waals surface area contributed by atoms with Crippen molar-refractivity contribution in [2.45, 2.75) is 24.5 Å². The zero-order valence-corrected chi connectivity index (χ0v) is 11.4. The van der Waals surface area contributed by atoms with Crippen molar-refractivity contribution in [2.24, 2.45) is 0 Å². The number of likely N-dealkylation sites (tertiary alicyclic amines) is 1. The van der Waals surface area contributed by atoms with Gasteiger partial charge in [0.2, 0.25) is 11.9 Å². The number of β-lactam (4-membered cyclic amide) rings is 1. The summed E-state index contributed by atoms with van der Waals surface area (Å²) < 4.78 is 5.12. The standard InChI is InChI=1S/C15H17N3O2/c1-16-12-7-15(17-8-12)10-18(14(15)19)9-11-3-5-13(20-2)6-4-11/h3-6,12,17H,7-10H2,2H3/t12-,15?/m0/s1. The lowest BCUT2D eigenvalue weighted by atomic mass is 9.85. The highest BCUT2D eigenvalue weighted by molar-refractivity contribution is 5.93. The topological polar surface area (TPSA) is 45.9 Å². The zero-order valence-electron chi connectivity index (χ0n) is 11.4. The van der Waals surface area contributed by atoms with Crippen molar-refractivity contribution in [1.29, 1.82) is 0 Å². The molecule has 2 aliphatic rings. The van der Waals surface area contributed by atoms with Gasteiger partial charge in [-0.1, -0.05) is 12.1 Å². The summed E-state index contributed by atoms with van der Waals surface area (Å²) in [5.74, 6) is 0.942. The predicted molar refractivity (Wildman–Crippen MR) is 74.2 cm³/mol. The Morgan fingerprint density at radius 2 is 2.25 bits per heavy atom. The van der Waals surface area contributed by atoms with Gasteiger partial charge in [0.1, 0.15) is 11.3 Å². The second-order valence-corrected chi connectivity index (χ2v) is 5.46. The third-order valence-electron chi connectivity index (χ3n) is 4.13. The zero-order chi connectivity index (χ0) is 14.2. The third-order valence-corrected chi connectivity index (χ3v) is 4.13. The Kier molecular flexibility index (Phi) is 3.11. The first-order chi connectivity index (χ1) is 9.66. The number of amides is 1. The summed E-state index contributed by atoms with van der Waals surface area (Å²) in [6.07, 6.45) is 0.647. The number of methoxy groups -OCH3 is 1. The molecule has 1 aromatic rings. The summed E-state index contributed by atoms with van der Waals surface area (Å²) in [7, 11) is 1.64. The van der Waals surface area contributed by atoms with E-state index in [1.807, 2.05) is 29.2 Å². The van der Waals surface area contributed by atoms with Crippen molar-refractivity contribution >= 4 is 5.91 Å². The van der Waals surface area contributed by atoms with Gasteiger partial charge in [-0.05, 0) is 17.7 Å². The normalized spacial score (nSPS) is 28.3. The molecule has 0 saturated carbocycles. The van der Waals surface area contributed by atoms with Crippen LogP contribution in [0.2, 0.25) is 0 Å². The maximum Gasteiger partial charge on any atom is 0.245 e. The highest BCUT2D eigenvalue weighted by Crippen LogP contribution is 2.33. The summed E-state index contributed by atoms with van der Waals surface area (Å²) in [4.78, 5) is 17.7. The molecule has 0 aliphatic carbocycles. The molecule has 2 saturated heterocycles. The van der Waals surface area contributed by atoms with E-state index in [0.717, 1.165) is 11.3 Å². The fourth-order valence-corrected chi connectivity index (χ4v) is 2.99. The summed E-state index contributed by atoms with van der Waals surface area (Å²) in [5, 5.41) is 3.23. The predicted octanol–water partition coefficient (Wildman–Crippen LogP) is 1.06. The molecule has 5 nitrogen and oxygen atoms in total. The van der Waals surface area contributed by atoms with Crippen LogP contribution in [0.15, 0.2) is 24.3 Å². The number of benzene rings is 1. The van der Waals surface area contributed by atoms with Crippen molar-refractivity contribution in [3.8, 4) is 5.75 Å². The maximum absolute atomic E-state index is 12.3. The second-order valence-electron chi connectivity index (χ2n) is 5.46. The van der Waals surface area contributed by atoms with Gasteiger partial charge in [-0.2, -0.15) is 0 Å². The van der Waals surface area contributed by atoms with Crippen LogP contribution in [-0.2, 0) is 11.3 Å². The first-order valence-electron chi connectivity index (χ1n) is 6.71. The number of nitrogens with one attached hydrogen (secondary N) is 1. The highest BCUT2D eigenvalue weighted by atomic mass is 16.5. The Morgan fingerprint density at radius 1 is 1.50 bits per heavy atom. The third kappa shape index (κ3) is 2.02. The molecule has 2 aliphatic heterocycles. The molecule has 20 heavy (non-hydrogen) atoms. The van der Waals surface area contributed by atoms with E-state index in [1.54, 1.807) is 7.11 Å².